The first-order valence-corrected chi connectivity index (χ1v) is 7.80. The number of carbonyl (C=O) groups is 1. The molecule has 0 bridgehead atoms. The van der Waals surface area contributed by atoms with Crippen molar-refractivity contribution in [2.24, 2.45) is 5.10 Å². The number of amides is 1. The number of rotatable bonds is 5. The van der Waals surface area contributed by atoms with Gasteiger partial charge in [0.25, 0.3) is 11.6 Å². The molecule has 0 saturated carbocycles. The number of nitro groups is 1. The Bertz CT molecular complexity index is 982. The van der Waals surface area contributed by atoms with Crippen molar-refractivity contribution in [3.63, 3.8) is 0 Å². The number of carbonyl (C=O) groups excluding carboxylic acids is 1. The van der Waals surface area contributed by atoms with Crippen LogP contribution in [-0.4, -0.2) is 27.2 Å². The van der Waals surface area contributed by atoms with Gasteiger partial charge in [0.05, 0.1) is 21.9 Å². The second-order valence-corrected chi connectivity index (χ2v) is 5.60. The molecule has 0 spiro atoms. The fourth-order valence-corrected chi connectivity index (χ4v) is 2.39. The van der Waals surface area contributed by atoms with Crippen LogP contribution >= 0.6 is 11.6 Å². The Hall–Kier alpha value is -3.52. The molecule has 3 rings (SSSR count). The normalized spacial score (nSPS) is 10.8. The van der Waals surface area contributed by atoms with Gasteiger partial charge < -0.3 is 0 Å². The van der Waals surface area contributed by atoms with E-state index < -0.39 is 10.8 Å². The average molecular weight is 370 g/mol. The summed E-state index contributed by atoms with van der Waals surface area (Å²) in [7, 11) is 0. The number of aromatic nitrogens is 2. The van der Waals surface area contributed by atoms with Gasteiger partial charge >= 0.3 is 0 Å². The monoisotopic (exact) mass is 369 g/mol. The first kappa shape index (κ1) is 17.3. The molecule has 9 heteroatoms. The number of nitrogens with one attached hydrogen (secondary N) is 2. The fourth-order valence-electron chi connectivity index (χ4n) is 2.15. The van der Waals surface area contributed by atoms with Gasteiger partial charge in [-0.05, 0) is 29.8 Å². The summed E-state index contributed by atoms with van der Waals surface area (Å²) in [5.74, 6) is -0.478. The van der Waals surface area contributed by atoms with E-state index in [0.29, 0.717) is 21.8 Å². The van der Waals surface area contributed by atoms with Crippen LogP contribution in [0.15, 0.2) is 59.7 Å². The Morgan fingerprint density at radius 2 is 1.96 bits per heavy atom. The summed E-state index contributed by atoms with van der Waals surface area (Å²) in [6, 6.07) is 14.5. The molecule has 1 amide bonds. The zero-order chi connectivity index (χ0) is 18.5. The first-order chi connectivity index (χ1) is 12.5. The number of H-pyrrole nitrogens is 1. The molecule has 2 aromatic carbocycles. The number of aromatic amines is 1. The van der Waals surface area contributed by atoms with Gasteiger partial charge in [-0.3, -0.25) is 20.0 Å². The number of nitro benzene ring substituents is 1. The average Bonchev–Trinajstić information content (AvgIpc) is 3.12. The number of halogens is 1. The summed E-state index contributed by atoms with van der Waals surface area (Å²) in [6.07, 6.45) is 1.38. The zero-order valence-electron chi connectivity index (χ0n) is 13.2. The Kier molecular flexibility index (Phi) is 5.04. The number of benzene rings is 2. The van der Waals surface area contributed by atoms with Crippen molar-refractivity contribution in [2.45, 2.75) is 0 Å². The molecule has 2 N–H and O–H groups in total. The van der Waals surface area contributed by atoms with E-state index in [-0.39, 0.29) is 11.4 Å². The van der Waals surface area contributed by atoms with Crippen LogP contribution in [0.2, 0.25) is 5.02 Å². The number of hydrazone groups is 1. The molecule has 0 saturated heterocycles. The van der Waals surface area contributed by atoms with Crippen LogP contribution in [-0.2, 0) is 0 Å². The van der Waals surface area contributed by atoms with Crippen molar-refractivity contribution in [3.05, 3.63) is 81.0 Å². The quantitative estimate of drug-likeness (QED) is 0.407. The molecule has 130 valence electrons. The molecular weight excluding hydrogens is 358 g/mol. The summed E-state index contributed by atoms with van der Waals surface area (Å²) < 4.78 is 0. The molecule has 3 aromatic rings. The SMILES string of the molecule is O=C(N/N=C\c1ccc([N+](=O)[O-])cc1)c1cc(-c2ccccc2Cl)n[nH]1. The molecular formula is C17H12ClN5O3. The van der Waals surface area contributed by atoms with Gasteiger partial charge in [0.15, 0.2) is 0 Å². The second kappa shape index (κ2) is 7.58. The fraction of sp³-hybridized carbons (Fsp3) is 0. The summed E-state index contributed by atoms with van der Waals surface area (Å²) in [5, 5.41) is 21.7. The van der Waals surface area contributed by atoms with E-state index in [1.807, 2.05) is 6.07 Å². The van der Waals surface area contributed by atoms with Crippen molar-refractivity contribution in [1.82, 2.24) is 15.6 Å². The maximum absolute atomic E-state index is 12.1. The summed E-state index contributed by atoms with van der Waals surface area (Å²) in [6.45, 7) is 0. The van der Waals surface area contributed by atoms with Crippen LogP contribution in [0.3, 0.4) is 0 Å². The van der Waals surface area contributed by atoms with Crippen LogP contribution < -0.4 is 5.43 Å². The Morgan fingerprint density at radius 3 is 2.65 bits per heavy atom. The van der Waals surface area contributed by atoms with Gasteiger partial charge in [-0.2, -0.15) is 10.2 Å². The smallest absolute Gasteiger partial charge is 0.272 e. The third-order valence-corrected chi connectivity index (χ3v) is 3.79. The van der Waals surface area contributed by atoms with Gasteiger partial charge in [-0.1, -0.05) is 29.8 Å². The van der Waals surface area contributed by atoms with Crippen molar-refractivity contribution >= 4 is 29.4 Å². The summed E-state index contributed by atoms with van der Waals surface area (Å²) in [5.41, 5.74) is 4.42. The molecule has 26 heavy (non-hydrogen) atoms. The van der Waals surface area contributed by atoms with E-state index in [9.17, 15) is 14.9 Å². The highest BCUT2D eigenvalue weighted by molar-refractivity contribution is 6.33. The first-order valence-electron chi connectivity index (χ1n) is 7.43. The maximum Gasteiger partial charge on any atom is 0.289 e. The lowest BCUT2D eigenvalue weighted by Crippen LogP contribution is -2.17. The standard InChI is InChI=1S/C17H12ClN5O3/c18-14-4-2-1-3-13(14)15-9-16(21-20-15)17(24)22-19-10-11-5-7-12(8-6-11)23(25)26/h1-10H,(H,20,21)(H,22,24)/b19-10-. The van der Waals surface area contributed by atoms with E-state index in [2.05, 4.69) is 20.7 Å². The van der Waals surface area contributed by atoms with Crippen molar-refractivity contribution in [1.29, 1.82) is 0 Å². The highest BCUT2D eigenvalue weighted by Crippen LogP contribution is 2.26. The molecule has 0 atom stereocenters. The third kappa shape index (κ3) is 3.93. The minimum atomic E-state index is -0.489. The van der Waals surface area contributed by atoms with Crippen molar-refractivity contribution in [3.8, 4) is 11.3 Å². The predicted octanol–water partition coefficient (Wildman–Crippen LogP) is 3.40. The largest absolute Gasteiger partial charge is 0.289 e. The minimum absolute atomic E-state index is 0.0178. The van der Waals surface area contributed by atoms with E-state index >= 15 is 0 Å². The lowest BCUT2D eigenvalue weighted by atomic mass is 10.1. The van der Waals surface area contributed by atoms with E-state index in [4.69, 9.17) is 11.6 Å². The van der Waals surface area contributed by atoms with E-state index in [1.54, 1.807) is 24.3 Å². The van der Waals surface area contributed by atoms with E-state index in [0.717, 1.165) is 0 Å². The molecule has 0 radical (unpaired) electrons. The highest BCUT2D eigenvalue weighted by Gasteiger charge is 2.12. The lowest BCUT2D eigenvalue weighted by Gasteiger charge is -1.98. The minimum Gasteiger partial charge on any atom is -0.272 e. The maximum atomic E-state index is 12.1. The Labute approximate surface area is 152 Å². The second-order valence-electron chi connectivity index (χ2n) is 5.19. The number of non-ortho nitro benzene ring substituents is 1. The number of hydrogen-bond donors (Lipinski definition) is 2. The van der Waals surface area contributed by atoms with E-state index in [1.165, 1.54) is 30.5 Å². The van der Waals surface area contributed by atoms with Crippen LogP contribution in [0.1, 0.15) is 16.1 Å². The van der Waals surface area contributed by atoms with Crippen molar-refractivity contribution in [2.75, 3.05) is 0 Å². The molecule has 1 aromatic heterocycles. The van der Waals surface area contributed by atoms with Crippen LogP contribution in [0.5, 0.6) is 0 Å². The molecule has 1 heterocycles. The van der Waals surface area contributed by atoms with Crippen LogP contribution in [0.4, 0.5) is 5.69 Å². The van der Waals surface area contributed by atoms with Crippen molar-refractivity contribution < 1.29 is 9.72 Å². The zero-order valence-corrected chi connectivity index (χ0v) is 14.0. The number of nitrogens with zero attached hydrogens (tertiary/aromatic N) is 3. The van der Waals surface area contributed by atoms with Gasteiger partial charge in [-0.25, -0.2) is 5.43 Å². The molecule has 8 nitrogen and oxygen atoms in total. The van der Waals surface area contributed by atoms with Crippen LogP contribution in [0.25, 0.3) is 11.3 Å². The molecule has 0 unspecified atom stereocenters. The molecule has 0 aliphatic heterocycles. The lowest BCUT2D eigenvalue weighted by molar-refractivity contribution is -0.384. The topological polar surface area (TPSA) is 113 Å². The third-order valence-electron chi connectivity index (χ3n) is 3.46. The predicted molar refractivity (Wildman–Crippen MR) is 97.2 cm³/mol. The highest BCUT2D eigenvalue weighted by atomic mass is 35.5. The van der Waals surface area contributed by atoms with Gasteiger partial charge in [0.1, 0.15) is 5.69 Å². The molecule has 0 aliphatic carbocycles. The molecule has 0 aliphatic rings. The number of hydrogen-bond acceptors (Lipinski definition) is 5. The summed E-state index contributed by atoms with van der Waals surface area (Å²) in [4.78, 5) is 22.2. The molecule has 0 fully saturated rings. The summed E-state index contributed by atoms with van der Waals surface area (Å²) >= 11 is 6.11. The Morgan fingerprint density at radius 1 is 1.23 bits per heavy atom. The van der Waals surface area contributed by atoms with Gasteiger partial charge in [0, 0.05) is 17.7 Å². The van der Waals surface area contributed by atoms with Gasteiger partial charge in [0.2, 0.25) is 0 Å². The van der Waals surface area contributed by atoms with Gasteiger partial charge in [-0.15, -0.1) is 0 Å². The van der Waals surface area contributed by atoms with Crippen LogP contribution in [0, 0.1) is 10.1 Å². The Balaban J connectivity index is 1.65.